The van der Waals surface area contributed by atoms with Gasteiger partial charge in [0.15, 0.2) is 0 Å². The molecule has 0 aliphatic carbocycles. The molecule has 0 bridgehead atoms. The molecule has 84 valence electrons. The molecule has 1 aromatic heterocycles. The molecular weight excluding hydrogens is 220 g/mol. The van der Waals surface area contributed by atoms with Gasteiger partial charge >= 0.3 is 5.97 Å². The molecule has 15 heavy (non-hydrogen) atoms. The Morgan fingerprint density at radius 3 is 2.60 bits per heavy atom. The summed E-state index contributed by atoms with van der Waals surface area (Å²) in [6.45, 7) is 0. The third kappa shape index (κ3) is 3.35. The number of nitrogens with zero attached hydrogens (tertiary/aromatic N) is 2. The highest BCUT2D eigenvalue weighted by Gasteiger charge is 2.12. The number of rotatable bonds is 4. The molecule has 0 aliphatic rings. The predicted octanol–water partition coefficient (Wildman–Crippen LogP) is -0.295. The molecule has 0 atom stereocenters. The zero-order chi connectivity index (χ0) is 11.6. The van der Waals surface area contributed by atoms with E-state index in [1.807, 2.05) is 0 Å². The molecule has 1 rings (SSSR count). The van der Waals surface area contributed by atoms with Crippen molar-refractivity contribution in [3.63, 3.8) is 0 Å². The van der Waals surface area contributed by atoms with E-state index >= 15 is 0 Å². The average Bonchev–Trinajstić information content (AvgIpc) is 2.42. The fraction of sp³-hybridized carbons (Fsp3) is 0.500. The Labute approximate surface area is 87.4 Å². The minimum atomic E-state index is -3.04. The average molecular weight is 232 g/mol. The second-order valence-electron chi connectivity index (χ2n) is 3.33. The van der Waals surface area contributed by atoms with E-state index < -0.39 is 15.8 Å². The van der Waals surface area contributed by atoms with Gasteiger partial charge in [-0.3, -0.25) is 4.68 Å². The third-order valence-corrected chi connectivity index (χ3v) is 2.82. The van der Waals surface area contributed by atoms with Crippen LogP contribution in [0.1, 0.15) is 16.2 Å². The summed E-state index contributed by atoms with van der Waals surface area (Å²) in [5.41, 5.74) is 0.527. The lowest BCUT2D eigenvalue weighted by molar-refractivity contribution is 0.0685. The zero-order valence-electron chi connectivity index (χ0n) is 8.47. The van der Waals surface area contributed by atoms with Gasteiger partial charge in [-0.05, 0) is 6.07 Å². The lowest BCUT2D eigenvalue weighted by Crippen LogP contribution is -2.06. The maximum Gasteiger partial charge on any atom is 0.354 e. The predicted molar refractivity (Wildman–Crippen MR) is 53.6 cm³/mol. The number of carboxylic acid groups (broad SMARTS) is 1. The Kier molecular flexibility index (Phi) is 3.13. The van der Waals surface area contributed by atoms with Crippen LogP contribution in [0.3, 0.4) is 0 Å². The largest absolute Gasteiger partial charge is 0.477 e. The van der Waals surface area contributed by atoms with Crippen LogP contribution in [0.4, 0.5) is 0 Å². The molecular formula is C8H12N2O4S. The fourth-order valence-corrected chi connectivity index (χ4v) is 1.72. The van der Waals surface area contributed by atoms with Crippen molar-refractivity contribution in [1.82, 2.24) is 9.78 Å². The van der Waals surface area contributed by atoms with Crippen LogP contribution in [0.15, 0.2) is 6.07 Å². The zero-order valence-corrected chi connectivity index (χ0v) is 9.28. The van der Waals surface area contributed by atoms with Gasteiger partial charge in [0, 0.05) is 19.7 Å². The van der Waals surface area contributed by atoms with E-state index in [1.165, 1.54) is 17.8 Å². The van der Waals surface area contributed by atoms with Gasteiger partial charge in [-0.2, -0.15) is 5.10 Å². The second-order valence-corrected chi connectivity index (χ2v) is 5.59. The molecule has 1 aromatic rings. The van der Waals surface area contributed by atoms with Gasteiger partial charge in [0.1, 0.15) is 15.5 Å². The molecule has 0 aromatic carbocycles. The van der Waals surface area contributed by atoms with Gasteiger partial charge in [-0.1, -0.05) is 0 Å². The van der Waals surface area contributed by atoms with Crippen LogP contribution < -0.4 is 0 Å². The molecule has 0 saturated heterocycles. The van der Waals surface area contributed by atoms with Gasteiger partial charge in [-0.15, -0.1) is 0 Å². The summed E-state index contributed by atoms with van der Waals surface area (Å²) in [6, 6.07) is 1.38. The Morgan fingerprint density at radius 1 is 1.60 bits per heavy atom. The van der Waals surface area contributed by atoms with Crippen molar-refractivity contribution in [2.75, 3.05) is 12.0 Å². The lowest BCUT2D eigenvalue weighted by Gasteiger charge is -1.94. The highest BCUT2D eigenvalue weighted by atomic mass is 32.2. The number of aromatic carboxylic acids is 1. The summed E-state index contributed by atoms with van der Waals surface area (Å²) in [4.78, 5) is 10.7. The number of carboxylic acids is 1. The summed E-state index contributed by atoms with van der Waals surface area (Å²) in [7, 11) is -1.54. The molecule has 0 spiro atoms. The first kappa shape index (κ1) is 11.7. The first-order chi connectivity index (χ1) is 6.79. The van der Waals surface area contributed by atoms with E-state index in [0.717, 1.165) is 6.26 Å². The lowest BCUT2D eigenvalue weighted by atomic mass is 10.3. The molecule has 1 heterocycles. The van der Waals surface area contributed by atoms with Crippen molar-refractivity contribution in [2.45, 2.75) is 6.42 Å². The van der Waals surface area contributed by atoms with E-state index in [0.29, 0.717) is 5.69 Å². The molecule has 6 nitrogen and oxygen atoms in total. The Hall–Kier alpha value is -1.37. The van der Waals surface area contributed by atoms with E-state index in [9.17, 15) is 13.2 Å². The maximum absolute atomic E-state index is 10.9. The van der Waals surface area contributed by atoms with Crippen molar-refractivity contribution >= 4 is 15.8 Å². The quantitative estimate of drug-likeness (QED) is 0.770. The summed E-state index contributed by atoms with van der Waals surface area (Å²) in [5, 5.41) is 12.6. The van der Waals surface area contributed by atoms with Gasteiger partial charge < -0.3 is 5.11 Å². The summed E-state index contributed by atoms with van der Waals surface area (Å²) >= 11 is 0. The molecule has 0 amide bonds. The minimum Gasteiger partial charge on any atom is -0.477 e. The number of aryl methyl sites for hydroxylation is 2. The second kappa shape index (κ2) is 4.01. The van der Waals surface area contributed by atoms with Crippen LogP contribution in [-0.4, -0.2) is 41.3 Å². The van der Waals surface area contributed by atoms with Crippen LogP contribution in [-0.2, 0) is 23.3 Å². The standard InChI is InChI=1S/C8H12N2O4S/c1-10-7(8(11)12)5-6(9-10)3-4-15(2,13)14/h5H,3-4H2,1-2H3,(H,11,12). The number of aromatic nitrogens is 2. The molecule has 0 aliphatic heterocycles. The maximum atomic E-state index is 10.9. The highest BCUT2D eigenvalue weighted by Crippen LogP contribution is 2.04. The van der Waals surface area contributed by atoms with Crippen LogP contribution in [0, 0.1) is 0 Å². The number of hydrogen-bond acceptors (Lipinski definition) is 4. The summed E-state index contributed by atoms with van der Waals surface area (Å²) < 4.78 is 23.0. The minimum absolute atomic E-state index is 0.0247. The van der Waals surface area contributed by atoms with Crippen LogP contribution >= 0.6 is 0 Å². The Morgan fingerprint density at radius 2 is 2.20 bits per heavy atom. The van der Waals surface area contributed by atoms with Crippen LogP contribution in [0.25, 0.3) is 0 Å². The molecule has 1 N–H and O–H groups in total. The van der Waals surface area contributed by atoms with Gasteiger partial charge in [-0.25, -0.2) is 13.2 Å². The topological polar surface area (TPSA) is 89.3 Å². The van der Waals surface area contributed by atoms with E-state index in [2.05, 4.69) is 5.10 Å². The first-order valence-corrected chi connectivity index (χ1v) is 6.29. The number of carbonyl (C=O) groups is 1. The van der Waals surface area contributed by atoms with E-state index in [1.54, 1.807) is 0 Å². The monoisotopic (exact) mass is 232 g/mol. The smallest absolute Gasteiger partial charge is 0.354 e. The van der Waals surface area contributed by atoms with E-state index in [4.69, 9.17) is 5.11 Å². The summed E-state index contributed by atoms with van der Waals surface area (Å²) in [6.07, 6.45) is 1.37. The van der Waals surface area contributed by atoms with Crippen molar-refractivity contribution in [2.24, 2.45) is 7.05 Å². The van der Waals surface area contributed by atoms with Gasteiger partial charge in [0.2, 0.25) is 0 Å². The van der Waals surface area contributed by atoms with Crippen molar-refractivity contribution in [3.8, 4) is 0 Å². The first-order valence-electron chi connectivity index (χ1n) is 4.23. The molecule has 0 radical (unpaired) electrons. The van der Waals surface area contributed by atoms with Crippen molar-refractivity contribution < 1.29 is 18.3 Å². The fourth-order valence-electron chi connectivity index (χ4n) is 1.14. The SMILES string of the molecule is Cn1nc(CCS(C)(=O)=O)cc1C(=O)O. The number of sulfone groups is 1. The number of hydrogen-bond donors (Lipinski definition) is 1. The van der Waals surface area contributed by atoms with Crippen molar-refractivity contribution in [3.05, 3.63) is 17.5 Å². The molecule has 0 saturated carbocycles. The highest BCUT2D eigenvalue weighted by molar-refractivity contribution is 7.90. The van der Waals surface area contributed by atoms with Gasteiger partial charge in [0.25, 0.3) is 0 Å². The molecule has 0 unspecified atom stereocenters. The van der Waals surface area contributed by atoms with Crippen LogP contribution in [0.2, 0.25) is 0 Å². The van der Waals surface area contributed by atoms with Crippen molar-refractivity contribution in [1.29, 1.82) is 0 Å². The third-order valence-electron chi connectivity index (χ3n) is 1.88. The van der Waals surface area contributed by atoms with Gasteiger partial charge in [0.05, 0.1) is 11.4 Å². The summed E-state index contributed by atoms with van der Waals surface area (Å²) in [5.74, 6) is -1.10. The molecule has 0 fully saturated rings. The Bertz CT molecular complexity index is 475. The molecule has 7 heteroatoms. The normalized spacial score (nSPS) is 11.6. The van der Waals surface area contributed by atoms with Crippen LogP contribution in [0.5, 0.6) is 0 Å². The Balaban J connectivity index is 2.81. The van der Waals surface area contributed by atoms with E-state index in [-0.39, 0.29) is 17.9 Å².